The van der Waals surface area contributed by atoms with Crippen LogP contribution in [0.15, 0.2) is 72.4 Å². The van der Waals surface area contributed by atoms with Gasteiger partial charge in [0.2, 0.25) is 0 Å². The van der Waals surface area contributed by atoms with Gasteiger partial charge in [0.15, 0.2) is 0 Å². The van der Waals surface area contributed by atoms with E-state index in [9.17, 15) is 0 Å². The van der Waals surface area contributed by atoms with E-state index in [2.05, 4.69) is 115 Å². The van der Waals surface area contributed by atoms with Crippen molar-refractivity contribution in [2.24, 2.45) is 31.6 Å². The minimum absolute atomic E-state index is 0.00424. The number of rotatable bonds is 4. The maximum atomic E-state index is 5.23. The van der Waals surface area contributed by atoms with E-state index in [1.807, 2.05) is 12.1 Å². The molecule has 2 aliphatic rings. The third kappa shape index (κ3) is 8.20. The molecule has 2 unspecified atom stereocenters. The van der Waals surface area contributed by atoms with Crippen LogP contribution >= 0.6 is 25.3 Å². The highest BCUT2D eigenvalue weighted by Crippen LogP contribution is 2.45. The third-order valence-electron chi connectivity index (χ3n) is 8.38. The van der Waals surface area contributed by atoms with Crippen molar-refractivity contribution in [3.8, 4) is 0 Å². The topological polar surface area (TPSA) is 37.6 Å². The molecule has 0 N–H and O–H groups in total. The predicted octanol–water partition coefficient (Wildman–Crippen LogP) is 10.6. The van der Waals surface area contributed by atoms with Crippen molar-refractivity contribution in [2.75, 3.05) is 0 Å². The second kappa shape index (κ2) is 12.3. The first-order chi connectivity index (χ1) is 19.0. The number of aromatic nitrogens is 1. The summed E-state index contributed by atoms with van der Waals surface area (Å²) in [5.74, 6) is 0. The molecule has 1 heterocycles. The number of nitrogens with zero attached hydrogens (tertiary/aromatic N) is 3. The number of allylic oxidation sites excluding steroid dienone is 4. The van der Waals surface area contributed by atoms with Gasteiger partial charge >= 0.3 is 0 Å². The van der Waals surface area contributed by atoms with Crippen molar-refractivity contribution < 1.29 is 0 Å². The highest BCUT2D eigenvalue weighted by atomic mass is 32.1. The Morgan fingerprint density at radius 2 is 0.952 bits per heavy atom. The second-order valence-electron chi connectivity index (χ2n) is 16.2. The molecule has 0 saturated heterocycles. The van der Waals surface area contributed by atoms with Crippen LogP contribution in [0.25, 0.3) is 0 Å². The summed E-state index contributed by atoms with van der Waals surface area (Å²) in [7, 11) is 0. The van der Waals surface area contributed by atoms with E-state index >= 15 is 0 Å². The molecule has 2 aliphatic carbocycles. The molecule has 2 atom stereocenters. The first kappa shape index (κ1) is 34.6. The molecule has 3 nitrogen and oxygen atoms in total. The van der Waals surface area contributed by atoms with Crippen molar-refractivity contribution >= 4 is 36.7 Å². The lowest BCUT2D eigenvalue weighted by atomic mass is 9.74. The van der Waals surface area contributed by atoms with E-state index in [-0.39, 0.29) is 33.7 Å². The van der Waals surface area contributed by atoms with Gasteiger partial charge in [0, 0.05) is 9.81 Å². The highest BCUT2D eigenvalue weighted by molar-refractivity contribution is 7.84. The van der Waals surface area contributed by atoms with E-state index in [0.717, 1.165) is 45.5 Å². The van der Waals surface area contributed by atoms with E-state index in [4.69, 9.17) is 40.2 Å². The molecule has 1 aromatic rings. The molecular weight excluding hydrogens is 551 g/mol. The summed E-state index contributed by atoms with van der Waals surface area (Å²) in [6.07, 6.45) is 6.47. The van der Waals surface area contributed by atoms with Crippen molar-refractivity contribution in [1.82, 2.24) is 4.98 Å². The van der Waals surface area contributed by atoms with Crippen molar-refractivity contribution in [3.63, 3.8) is 0 Å². The van der Waals surface area contributed by atoms with Gasteiger partial charge in [0.05, 0.1) is 34.9 Å². The number of aliphatic imine (C=N–C) groups is 2. The van der Waals surface area contributed by atoms with Gasteiger partial charge in [-0.05, 0) is 71.6 Å². The van der Waals surface area contributed by atoms with Crippen molar-refractivity contribution in [3.05, 3.63) is 73.8 Å². The molecule has 0 radical (unpaired) electrons. The summed E-state index contributed by atoms with van der Waals surface area (Å²) in [5, 5.41) is 0. The van der Waals surface area contributed by atoms with Gasteiger partial charge in [-0.3, -0.25) is 9.98 Å². The Labute approximate surface area is 268 Å². The molecule has 1 aromatic heterocycles. The van der Waals surface area contributed by atoms with Gasteiger partial charge in [-0.15, -0.1) is 25.3 Å². The van der Waals surface area contributed by atoms with Gasteiger partial charge in [-0.2, -0.15) is 0 Å². The Morgan fingerprint density at radius 3 is 1.24 bits per heavy atom. The normalized spacial score (nSPS) is 22.0. The maximum Gasteiger partial charge on any atom is 0.0849 e. The molecule has 0 fully saturated rings. The second-order valence-corrected chi connectivity index (χ2v) is 17.2. The van der Waals surface area contributed by atoms with Crippen LogP contribution in [-0.2, 0) is 0 Å². The van der Waals surface area contributed by atoms with Gasteiger partial charge in [-0.1, -0.05) is 112 Å². The predicted molar refractivity (Wildman–Crippen MR) is 191 cm³/mol. The monoisotopic (exact) mass is 605 g/mol. The SMILES string of the molecule is CC(=NC1CC(C(C)(C)C)=CC(C(C)(C)C)=C1S)c1cccc(C(C)=NC2CC(C(C)(C)C)=CC(C(C)(C)C)=C2S)n1. The lowest BCUT2D eigenvalue weighted by molar-refractivity contribution is 0.452. The Morgan fingerprint density at radius 1 is 0.619 bits per heavy atom. The van der Waals surface area contributed by atoms with Crippen LogP contribution in [-0.4, -0.2) is 28.5 Å². The summed E-state index contributed by atoms with van der Waals surface area (Å²) in [5.41, 5.74) is 9.12. The average Bonchev–Trinajstić information content (AvgIpc) is 2.83. The molecular formula is C37H55N3S2. The van der Waals surface area contributed by atoms with Crippen LogP contribution in [0.4, 0.5) is 0 Å². The lowest BCUT2D eigenvalue weighted by Gasteiger charge is -2.35. The maximum absolute atomic E-state index is 5.23. The quantitative estimate of drug-likeness (QED) is 0.260. The first-order valence-electron chi connectivity index (χ1n) is 15.4. The van der Waals surface area contributed by atoms with Crippen molar-refractivity contribution in [2.45, 2.75) is 122 Å². The zero-order valence-electron chi connectivity index (χ0n) is 28.7. The molecule has 230 valence electrons. The number of thiol groups is 2. The Hall–Kier alpha value is -1.85. The molecule has 3 rings (SSSR count). The standard InChI is InChI=1S/C37H55N3S2/c1-22(38-30-20-24(34(3,4)5)18-26(32(30)41)36(9,10)11)28-16-15-17-29(40-28)23(2)39-31-21-25(35(6,7)8)19-27(33(31)42)37(12,13)14/h15-19,30-31,41-42H,20-21H2,1-14H3. The zero-order chi connectivity index (χ0) is 32.0. The van der Waals surface area contributed by atoms with Crippen LogP contribution in [0.5, 0.6) is 0 Å². The Kier molecular flexibility index (Phi) is 10.1. The van der Waals surface area contributed by atoms with E-state index in [0.29, 0.717) is 0 Å². The van der Waals surface area contributed by atoms with Crippen LogP contribution in [0.2, 0.25) is 0 Å². The molecule has 0 aliphatic heterocycles. The molecule has 0 bridgehead atoms. The van der Waals surface area contributed by atoms with Crippen LogP contribution < -0.4 is 0 Å². The molecule has 42 heavy (non-hydrogen) atoms. The van der Waals surface area contributed by atoms with E-state index in [1.54, 1.807) is 0 Å². The summed E-state index contributed by atoms with van der Waals surface area (Å²) >= 11 is 10.1. The van der Waals surface area contributed by atoms with Gasteiger partial charge < -0.3 is 0 Å². The fraction of sp³-hybridized carbons (Fsp3) is 0.595. The van der Waals surface area contributed by atoms with E-state index < -0.39 is 0 Å². The summed E-state index contributed by atoms with van der Waals surface area (Å²) in [4.78, 5) is 17.6. The highest BCUT2D eigenvalue weighted by Gasteiger charge is 2.33. The molecule has 0 aromatic carbocycles. The molecule has 0 amide bonds. The smallest absolute Gasteiger partial charge is 0.0849 e. The number of hydrogen-bond acceptors (Lipinski definition) is 5. The van der Waals surface area contributed by atoms with Crippen molar-refractivity contribution in [1.29, 1.82) is 0 Å². The Bertz CT molecular complexity index is 1280. The summed E-state index contributed by atoms with van der Waals surface area (Å²) in [6.45, 7) is 31.4. The van der Waals surface area contributed by atoms with Crippen LogP contribution in [0.1, 0.15) is 121 Å². The van der Waals surface area contributed by atoms with Crippen LogP contribution in [0, 0.1) is 21.7 Å². The van der Waals surface area contributed by atoms with E-state index in [1.165, 1.54) is 22.3 Å². The minimum Gasteiger partial charge on any atom is -0.279 e. The minimum atomic E-state index is -0.0143. The zero-order valence-corrected chi connectivity index (χ0v) is 30.5. The number of hydrogen-bond donors (Lipinski definition) is 2. The first-order valence-corrected chi connectivity index (χ1v) is 16.3. The Balaban J connectivity index is 1.99. The molecule has 0 saturated carbocycles. The molecule has 0 spiro atoms. The van der Waals surface area contributed by atoms with Gasteiger partial charge in [0.25, 0.3) is 0 Å². The summed E-state index contributed by atoms with van der Waals surface area (Å²) < 4.78 is 0. The summed E-state index contributed by atoms with van der Waals surface area (Å²) in [6, 6.07) is 6.14. The largest absolute Gasteiger partial charge is 0.279 e. The average molecular weight is 606 g/mol. The molecule has 5 heteroatoms. The van der Waals surface area contributed by atoms with Gasteiger partial charge in [-0.25, -0.2) is 4.98 Å². The van der Waals surface area contributed by atoms with Crippen LogP contribution in [0.3, 0.4) is 0 Å². The fourth-order valence-corrected chi connectivity index (χ4v) is 6.58. The van der Waals surface area contributed by atoms with Gasteiger partial charge in [0.1, 0.15) is 0 Å². The number of pyridine rings is 1. The fourth-order valence-electron chi connectivity index (χ4n) is 5.48. The third-order valence-corrected chi connectivity index (χ3v) is 9.46. The lowest BCUT2D eigenvalue weighted by Crippen LogP contribution is -2.25.